The van der Waals surface area contributed by atoms with E-state index in [-0.39, 0.29) is 5.88 Å². The summed E-state index contributed by atoms with van der Waals surface area (Å²) in [6.45, 7) is 0. The summed E-state index contributed by atoms with van der Waals surface area (Å²) in [5.74, 6) is 0.434. The van der Waals surface area contributed by atoms with E-state index in [1.165, 1.54) is 0 Å². The minimum Gasteiger partial charge on any atom is -0.380 e. The lowest BCUT2D eigenvalue weighted by Crippen LogP contribution is -2.10. The predicted octanol–water partition coefficient (Wildman–Crippen LogP) is 8.76. The standard InChI is InChI=1S/C36H18N4O6S2/c41-47-45-35-23-15-11-19-18-10-14-22-32-24(36(46-48(42,43)44)40-28-8-4-2-6-26(28)38-34(22)40)16-12-20(30(18)32)17-9-13-21(31(23)29(17)19)33-37-25-5-1-3-7-27(25)39(33)35/h1-16,41H,(H,42,43,44). The van der Waals surface area contributed by atoms with Crippen LogP contribution in [0.15, 0.2) is 97.1 Å². The van der Waals surface area contributed by atoms with Crippen molar-refractivity contribution in [2.75, 3.05) is 0 Å². The number of nitrogens with zero attached hydrogens (tertiary/aromatic N) is 4. The Kier molecular flexibility index (Phi) is 4.85. The molecule has 0 aliphatic rings. The monoisotopic (exact) mass is 666 g/mol. The molecule has 0 saturated heterocycles. The summed E-state index contributed by atoms with van der Waals surface area (Å²) >= 11 is 0.298. The number of hydrogen-bond donors (Lipinski definition) is 2. The van der Waals surface area contributed by atoms with E-state index in [0.717, 1.165) is 70.3 Å². The second kappa shape index (κ2) is 8.82. The molecule has 0 unspecified atom stereocenters. The molecule has 11 aromatic rings. The van der Waals surface area contributed by atoms with Crippen LogP contribution in [0.4, 0.5) is 0 Å². The summed E-state index contributed by atoms with van der Waals surface area (Å²) in [6.07, 6.45) is 0. The lowest BCUT2D eigenvalue weighted by Gasteiger charge is -2.20. The highest BCUT2D eigenvalue weighted by atomic mass is 32.3. The molecular formula is C36H18N4O6S2. The van der Waals surface area contributed by atoms with E-state index in [0.29, 0.717) is 45.9 Å². The van der Waals surface area contributed by atoms with Gasteiger partial charge in [0.15, 0.2) is 0 Å². The summed E-state index contributed by atoms with van der Waals surface area (Å²) in [6, 6.07) is 31.4. The van der Waals surface area contributed by atoms with Gasteiger partial charge in [-0.3, -0.25) is 17.9 Å². The highest BCUT2D eigenvalue weighted by Crippen LogP contribution is 2.50. The van der Waals surface area contributed by atoms with Crippen LogP contribution in [0.2, 0.25) is 0 Å². The molecule has 0 saturated carbocycles. The Morgan fingerprint density at radius 2 is 0.938 bits per heavy atom. The van der Waals surface area contributed by atoms with Crippen molar-refractivity contribution in [1.82, 2.24) is 18.8 Å². The molecule has 0 amide bonds. The fourth-order valence-corrected chi connectivity index (χ4v) is 8.58. The van der Waals surface area contributed by atoms with Gasteiger partial charge in [-0.15, -0.1) is 0 Å². The van der Waals surface area contributed by atoms with Crippen LogP contribution in [-0.4, -0.2) is 36.3 Å². The highest BCUT2D eigenvalue weighted by molar-refractivity contribution is 7.89. The van der Waals surface area contributed by atoms with Crippen LogP contribution in [0.5, 0.6) is 11.8 Å². The number of aromatic nitrogens is 4. The molecule has 7 aromatic carbocycles. The van der Waals surface area contributed by atoms with E-state index in [1.54, 1.807) is 4.40 Å². The SMILES string of the molecule is O=S(=O)(O)Oc1c2ccc3c4ccc5c6c(ccc(c7ccc(c2c37)c2nc3ccccc3n12)c46)c(OSO)n1c2ccccc2nc51. The Morgan fingerprint density at radius 3 is 1.42 bits per heavy atom. The van der Waals surface area contributed by atoms with Crippen LogP contribution < -0.4 is 8.37 Å². The van der Waals surface area contributed by atoms with E-state index >= 15 is 0 Å². The topological polar surface area (TPSA) is 128 Å². The number of benzene rings is 7. The van der Waals surface area contributed by atoms with Crippen LogP contribution in [0, 0.1) is 0 Å². The van der Waals surface area contributed by atoms with E-state index in [9.17, 15) is 17.5 Å². The van der Waals surface area contributed by atoms with Gasteiger partial charge >= 0.3 is 10.4 Å². The van der Waals surface area contributed by atoms with Crippen LogP contribution in [0.3, 0.4) is 0 Å². The van der Waals surface area contributed by atoms with Crippen molar-refractivity contribution in [3.63, 3.8) is 0 Å². The molecule has 48 heavy (non-hydrogen) atoms. The average Bonchev–Trinajstić information content (AvgIpc) is 3.67. The van der Waals surface area contributed by atoms with Crippen molar-refractivity contribution in [3.8, 4) is 11.8 Å². The molecule has 0 atom stereocenters. The van der Waals surface area contributed by atoms with Crippen LogP contribution in [0.1, 0.15) is 0 Å². The number of rotatable bonds is 4. The van der Waals surface area contributed by atoms with Gasteiger partial charge in [-0.25, -0.2) is 9.97 Å². The highest BCUT2D eigenvalue weighted by Gasteiger charge is 2.26. The normalized spacial score (nSPS) is 13.0. The molecule has 0 aliphatic carbocycles. The maximum absolute atomic E-state index is 12.2. The summed E-state index contributed by atoms with van der Waals surface area (Å²) in [4.78, 5) is 9.88. The Morgan fingerprint density at radius 1 is 0.542 bits per heavy atom. The Bertz CT molecular complexity index is 3300. The van der Waals surface area contributed by atoms with Crippen molar-refractivity contribution in [1.29, 1.82) is 0 Å². The van der Waals surface area contributed by atoms with Gasteiger partial charge in [0.1, 0.15) is 11.3 Å². The summed E-state index contributed by atoms with van der Waals surface area (Å²) in [5.41, 5.74) is 4.21. The fourth-order valence-electron chi connectivity index (χ4n) is 7.98. The first-order valence-electron chi connectivity index (χ1n) is 15.0. The van der Waals surface area contributed by atoms with E-state index in [2.05, 4.69) is 24.3 Å². The zero-order valence-electron chi connectivity index (χ0n) is 24.4. The molecule has 10 nitrogen and oxygen atoms in total. The number of fused-ring (bicyclic) bond motifs is 10. The van der Waals surface area contributed by atoms with Crippen molar-refractivity contribution in [2.45, 2.75) is 0 Å². The molecule has 2 N–H and O–H groups in total. The third-order valence-electron chi connectivity index (χ3n) is 9.67. The molecule has 230 valence electrons. The molecule has 4 aromatic heterocycles. The minimum absolute atomic E-state index is 0.0368. The third kappa shape index (κ3) is 3.17. The Labute approximate surface area is 273 Å². The second-order valence-electron chi connectivity index (χ2n) is 11.9. The lowest BCUT2D eigenvalue weighted by atomic mass is 9.86. The number of imidazole rings is 2. The zero-order chi connectivity index (χ0) is 32.1. The van der Waals surface area contributed by atoms with Crippen molar-refractivity contribution < 1.29 is 25.9 Å². The number of hydrogen-bond acceptors (Lipinski definition) is 8. The largest absolute Gasteiger partial charge is 0.447 e. The quantitative estimate of drug-likeness (QED) is 0.0820. The minimum atomic E-state index is -4.88. The zero-order valence-corrected chi connectivity index (χ0v) is 26.0. The van der Waals surface area contributed by atoms with Crippen molar-refractivity contribution in [2.24, 2.45) is 0 Å². The van der Waals surface area contributed by atoms with Gasteiger partial charge < -0.3 is 8.37 Å². The van der Waals surface area contributed by atoms with Gasteiger partial charge in [-0.05, 0) is 80.8 Å². The van der Waals surface area contributed by atoms with Gasteiger partial charge in [0, 0.05) is 32.3 Å². The fraction of sp³-hybridized carbons (Fsp3) is 0. The Hall–Kier alpha value is -5.66. The predicted molar refractivity (Wildman–Crippen MR) is 189 cm³/mol. The molecule has 0 aliphatic heterocycles. The first kappa shape index (κ1) is 26.4. The first-order valence-corrected chi connectivity index (χ1v) is 17.0. The number of para-hydroxylation sites is 4. The molecule has 0 bridgehead atoms. The molecule has 11 rings (SSSR count). The molecule has 12 heteroatoms. The van der Waals surface area contributed by atoms with Crippen molar-refractivity contribution >= 4 is 121 Å². The summed E-state index contributed by atoms with van der Waals surface area (Å²) < 4.78 is 59.1. The molecular weight excluding hydrogens is 649 g/mol. The first-order chi connectivity index (χ1) is 23.4. The maximum Gasteiger partial charge on any atom is 0.447 e. The molecule has 0 spiro atoms. The van der Waals surface area contributed by atoms with E-state index < -0.39 is 10.4 Å². The third-order valence-corrected chi connectivity index (χ3v) is 10.3. The molecule has 0 fully saturated rings. The summed E-state index contributed by atoms with van der Waals surface area (Å²) in [7, 11) is -4.88. The van der Waals surface area contributed by atoms with Gasteiger partial charge in [0.05, 0.1) is 22.1 Å². The van der Waals surface area contributed by atoms with Crippen molar-refractivity contribution in [3.05, 3.63) is 97.1 Å². The van der Waals surface area contributed by atoms with E-state index in [1.807, 2.05) is 77.2 Å². The maximum atomic E-state index is 12.2. The summed E-state index contributed by atoms with van der Waals surface area (Å²) in [5, 5.41) is 10.7. The second-order valence-corrected chi connectivity index (χ2v) is 13.3. The van der Waals surface area contributed by atoms with Gasteiger partial charge in [-0.2, -0.15) is 8.42 Å². The van der Waals surface area contributed by atoms with Crippen LogP contribution >= 0.6 is 12.3 Å². The number of pyridine rings is 2. The van der Waals surface area contributed by atoms with Gasteiger partial charge in [-0.1, -0.05) is 48.5 Å². The lowest BCUT2D eigenvalue weighted by molar-refractivity contribution is 0.381. The van der Waals surface area contributed by atoms with Gasteiger partial charge in [0.2, 0.25) is 24.1 Å². The average molecular weight is 667 g/mol. The van der Waals surface area contributed by atoms with E-state index in [4.69, 9.17) is 18.3 Å². The molecule has 4 heterocycles. The Balaban J connectivity index is 1.37. The van der Waals surface area contributed by atoms with Crippen LogP contribution in [0.25, 0.3) is 98.0 Å². The van der Waals surface area contributed by atoms with Crippen LogP contribution in [-0.2, 0) is 10.4 Å². The molecule has 0 radical (unpaired) electrons. The smallest absolute Gasteiger partial charge is 0.380 e. The van der Waals surface area contributed by atoms with Gasteiger partial charge in [0.25, 0.3) is 0 Å².